The summed E-state index contributed by atoms with van der Waals surface area (Å²) in [7, 11) is 0. The number of aromatic nitrogens is 2. The lowest BCUT2D eigenvalue weighted by Crippen LogP contribution is -2.13. The Morgan fingerprint density at radius 2 is 2.32 bits per heavy atom. The molecule has 0 saturated heterocycles. The van der Waals surface area contributed by atoms with Crippen LogP contribution in [0.3, 0.4) is 0 Å². The number of fused-ring (bicyclic) bond motifs is 1. The molecule has 0 aliphatic heterocycles. The normalized spacial score (nSPS) is 20.6. The van der Waals surface area contributed by atoms with Crippen molar-refractivity contribution in [2.75, 3.05) is 0 Å². The summed E-state index contributed by atoms with van der Waals surface area (Å²) in [5, 5.41) is 1.17. The van der Waals surface area contributed by atoms with Crippen LogP contribution in [-0.4, -0.2) is 15.4 Å². The summed E-state index contributed by atoms with van der Waals surface area (Å²) in [5.74, 6) is 1.19. The van der Waals surface area contributed by atoms with E-state index in [4.69, 9.17) is 10.7 Å². The molecule has 1 aliphatic carbocycles. The van der Waals surface area contributed by atoms with Crippen LogP contribution in [0.2, 0.25) is 0 Å². The first-order valence-corrected chi connectivity index (χ1v) is 7.52. The van der Waals surface area contributed by atoms with E-state index in [9.17, 15) is 0 Å². The highest BCUT2D eigenvalue weighted by Gasteiger charge is 2.12. The summed E-state index contributed by atoms with van der Waals surface area (Å²) in [6.45, 7) is 4.20. The standard InChI is InChI=1S/C18H20N4/c1-3-18(21-11-15-5-4-6-16(19)13(15)2)22-10-8-14-7-9-20-12-17(14)22/h4-13H,3,19H2,1-2H3/b15-11-,21-18?. The molecule has 0 amide bonds. The molecule has 112 valence electrons. The van der Waals surface area contributed by atoms with Gasteiger partial charge in [-0.25, -0.2) is 4.99 Å². The van der Waals surface area contributed by atoms with Crippen LogP contribution in [0.5, 0.6) is 0 Å². The van der Waals surface area contributed by atoms with Crippen LogP contribution in [0, 0.1) is 5.92 Å². The van der Waals surface area contributed by atoms with Crippen LogP contribution >= 0.6 is 0 Å². The summed E-state index contributed by atoms with van der Waals surface area (Å²) in [5.41, 5.74) is 9.06. The Hall–Kier alpha value is -2.62. The number of nitrogens with two attached hydrogens (primary N) is 1. The molecule has 0 saturated carbocycles. The predicted molar refractivity (Wildman–Crippen MR) is 91.5 cm³/mol. The van der Waals surface area contributed by atoms with Gasteiger partial charge in [0, 0.05) is 42.0 Å². The van der Waals surface area contributed by atoms with Crippen molar-refractivity contribution in [3.8, 4) is 0 Å². The number of hydrogen-bond donors (Lipinski definition) is 1. The summed E-state index contributed by atoms with van der Waals surface area (Å²) >= 11 is 0. The second-order valence-electron chi connectivity index (χ2n) is 5.40. The zero-order chi connectivity index (χ0) is 15.5. The smallest absolute Gasteiger partial charge is 0.112 e. The van der Waals surface area contributed by atoms with E-state index in [-0.39, 0.29) is 5.92 Å². The summed E-state index contributed by atoms with van der Waals surface area (Å²) in [6, 6.07) is 4.09. The first-order chi connectivity index (χ1) is 10.7. The average Bonchev–Trinajstić information content (AvgIpc) is 2.96. The van der Waals surface area contributed by atoms with Crippen molar-refractivity contribution in [1.82, 2.24) is 9.55 Å². The van der Waals surface area contributed by atoms with Gasteiger partial charge in [0.1, 0.15) is 5.84 Å². The van der Waals surface area contributed by atoms with Crippen LogP contribution in [0.1, 0.15) is 20.3 Å². The number of pyridine rings is 1. The third-order valence-corrected chi connectivity index (χ3v) is 4.03. The number of aliphatic imine (C=N–C) groups is 1. The molecule has 2 aromatic heterocycles. The van der Waals surface area contributed by atoms with Gasteiger partial charge in [-0.1, -0.05) is 26.0 Å². The molecule has 0 radical (unpaired) electrons. The van der Waals surface area contributed by atoms with E-state index in [2.05, 4.69) is 35.5 Å². The minimum absolute atomic E-state index is 0.204. The number of rotatable bonds is 2. The van der Waals surface area contributed by atoms with Gasteiger partial charge in [-0.2, -0.15) is 0 Å². The fraction of sp³-hybridized carbons (Fsp3) is 0.222. The van der Waals surface area contributed by atoms with Crippen LogP contribution in [0.4, 0.5) is 0 Å². The fourth-order valence-electron chi connectivity index (χ4n) is 2.58. The fourth-order valence-corrected chi connectivity index (χ4v) is 2.58. The van der Waals surface area contributed by atoms with Gasteiger partial charge in [0.15, 0.2) is 0 Å². The van der Waals surface area contributed by atoms with Crippen LogP contribution in [0.15, 0.2) is 71.4 Å². The SMILES string of the molecule is CCC(=N/C=C1/C=CC=C(N)C1C)n1ccc2ccncc21. The largest absolute Gasteiger partial charge is 0.402 e. The van der Waals surface area contributed by atoms with Crippen molar-refractivity contribution in [2.24, 2.45) is 16.6 Å². The number of allylic oxidation sites excluding steroid dienone is 4. The van der Waals surface area contributed by atoms with Gasteiger partial charge in [0.2, 0.25) is 0 Å². The van der Waals surface area contributed by atoms with E-state index in [1.807, 2.05) is 36.8 Å². The molecule has 2 heterocycles. The lowest BCUT2D eigenvalue weighted by Gasteiger charge is -2.16. The molecule has 1 atom stereocenters. The van der Waals surface area contributed by atoms with Crippen molar-refractivity contribution in [3.63, 3.8) is 0 Å². The van der Waals surface area contributed by atoms with Gasteiger partial charge in [-0.15, -0.1) is 0 Å². The molecule has 0 spiro atoms. The Kier molecular flexibility index (Phi) is 3.92. The molecular formula is C18H20N4. The maximum absolute atomic E-state index is 5.98. The maximum atomic E-state index is 5.98. The number of hydrogen-bond acceptors (Lipinski definition) is 3. The molecule has 0 fully saturated rings. The predicted octanol–water partition coefficient (Wildman–Crippen LogP) is 3.63. The van der Waals surface area contributed by atoms with Gasteiger partial charge in [-0.3, -0.25) is 4.98 Å². The lowest BCUT2D eigenvalue weighted by molar-refractivity contribution is 0.798. The van der Waals surface area contributed by atoms with Gasteiger partial charge in [0.05, 0.1) is 11.7 Å². The molecule has 0 bridgehead atoms. The molecular weight excluding hydrogens is 272 g/mol. The first-order valence-electron chi connectivity index (χ1n) is 7.52. The highest BCUT2D eigenvalue weighted by molar-refractivity contribution is 5.95. The van der Waals surface area contributed by atoms with Gasteiger partial charge in [-0.05, 0) is 23.8 Å². The lowest BCUT2D eigenvalue weighted by atomic mass is 9.94. The van der Waals surface area contributed by atoms with Crippen LogP contribution in [0.25, 0.3) is 10.9 Å². The van der Waals surface area contributed by atoms with Crippen molar-refractivity contribution >= 4 is 16.7 Å². The molecule has 3 rings (SSSR count). The molecule has 22 heavy (non-hydrogen) atoms. The zero-order valence-electron chi connectivity index (χ0n) is 12.9. The highest BCUT2D eigenvalue weighted by Crippen LogP contribution is 2.22. The van der Waals surface area contributed by atoms with E-state index >= 15 is 0 Å². The Labute approximate surface area is 130 Å². The minimum Gasteiger partial charge on any atom is -0.402 e. The zero-order valence-corrected chi connectivity index (χ0v) is 12.9. The molecule has 2 aromatic rings. The molecule has 4 nitrogen and oxygen atoms in total. The van der Waals surface area contributed by atoms with Crippen molar-refractivity contribution in [1.29, 1.82) is 0 Å². The summed E-state index contributed by atoms with van der Waals surface area (Å²) in [4.78, 5) is 8.91. The minimum atomic E-state index is 0.204. The van der Waals surface area contributed by atoms with Crippen molar-refractivity contribution in [2.45, 2.75) is 20.3 Å². The summed E-state index contributed by atoms with van der Waals surface area (Å²) < 4.78 is 2.09. The van der Waals surface area contributed by atoms with Crippen LogP contribution in [-0.2, 0) is 0 Å². The van der Waals surface area contributed by atoms with E-state index < -0.39 is 0 Å². The van der Waals surface area contributed by atoms with E-state index in [1.54, 1.807) is 6.20 Å². The van der Waals surface area contributed by atoms with Gasteiger partial charge < -0.3 is 10.3 Å². The second kappa shape index (κ2) is 6.02. The average molecular weight is 292 g/mol. The topological polar surface area (TPSA) is 56.2 Å². The third-order valence-electron chi connectivity index (χ3n) is 4.03. The Balaban J connectivity index is 1.98. The Morgan fingerprint density at radius 1 is 1.45 bits per heavy atom. The Bertz CT molecular complexity index is 805. The molecule has 0 aromatic carbocycles. The summed E-state index contributed by atoms with van der Waals surface area (Å²) in [6.07, 6.45) is 14.5. The third kappa shape index (κ3) is 2.60. The molecule has 4 heteroatoms. The molecule has 1 aliphatic rings. The van der Waals surface area contributed by atoms with Crippen LogP contribution < -0.4 is 5.73 Å². The first kappa shape index (κ1) is 14.3. The van der Waals surface area contributed by atoms with E-state index in [0.717, 1.165) is 29.0 Å². The van der Waals surface area contributed by atoms with E-state index in [1.165, 1.54) is 5.39 Å². The van der Waals surface area contributed by atoms with Gasteiger partial charge in [0.25, 0.3) is 0 Å². The maximum Gasteiger partial charge on any atom is 0.112 e. The number of nitrogens with zero attached hydrogens (tertiary/aromatic N) is 3. The quantitative estimate of drug-likeness (QED) is 0.679. The Morgan fingerprint density at radius 3 is 3.14 bits per heavy atom. The van der Waals surface area contributed by atoms with Gasteiger partial charge >= 0.3 is 0 Å². The second-order valence-corrected chi connectivity index (χ2v) is 5.40. The molecule has 2 N–H and O–H groups in total. The van der Waals surface area contributed by atoms with Crippen molar-refractivity contribution in [3.05, 3.63) is 66.4 Å². The monoisotopic (exact) mass is 292 g/mol. The highest BCUT2D eigenvalue weighted by atomic mass is 15.1. The molecule has 1 unspecified atom stereocenters. The van der Waals surface area contributed by atoms with Crippen molar-refractivity contribution < 1.29 is 0 Å². The van der Waals surface area contributed by atoms with E-state index in [0.29, 0.717) is 0 Å².